The van der Waals surface area contributed by atoms with Gasteiger partial charge in [0.1, 0.15) is 12.5 Å². The van der Waals surface area contributed by atoms with E-state index < -0.39 is 11.9 Å². The minimum absolute atomic E-state index is 0.0485. The van der Waals surface area contributed by atoms with E-state index in [0.29, 0.717) is 62.5 Å². The Hall–Kier alpha value is -5.12. The predicted octanol–water partition coefficient (Wildman–Crippen LogP) is 13.4. The van der Waals surface area contributed by atoms with E-state index in [9.17, 15) is 19.2 Å². The van der Waals surface area contributed by atoms with Crippen molar-refractivity contribution in [2.24, 2.45) is 17.8 Å². The third-order valence-corrected chi connectivity index (χ3v) is 14.5. The molecule has 6 atom stereocenters. The summed E-state index contributed by atoms with van der Waals surface area (Å²) in [5, 5.41) is 0. The van der Waals surface area contributed by atoms with Gasteiger partial charge in [-0.05, 0) is 113 Å². The van der Waals surface area contributed by atoms with Crippen molar-refractivity contribution in [3.05, 3.63) is 86.5 Å². The van der Waals surface area contributed by atoms with Crippen molar-refractivity contribution in [3.8, 4) is 0 Å². The first-order valence-corrected chi connectivity index (χ1v) is 24.3. The molecule has 2 N–H and O–H groups in total. The monoisotopic (exact) mass is 887 g/mol. The van der Waals surface area contributed by atoms with Crippen LogP contribution in [0.15, 0.2) is 35.9 Å². The summed E-state index contributed by atoms with van der Waals surface area (Å²) in [6, 6.07) is 5.87. The number of nitrogens with one attached hydrogen (secondary N) is 2. The number of aromatic nitrogens is 4. The fourth-order valence-electron chi connectivity index (χ4n) is 10.4. The van der Waals surface area contributed by atoms with Gasteiger partial charge in [0.2, 0.25) is 0 Å². The molecule has 0 fully saturated rings. The van der Waals surface area contributed by atoms with Gasteiger partial charge in [-0.25, -0.2) is 0 Å². The molecular formula is C55H74N4O6. The number of carbonyl (C=O) groups excluding carboxylic acids is 4. The first kappa shape index (κ1) is 49.3. The zero-order valence-corrected chi connectivity index (χ0v) is 41.3. The number of methoxy groups -OCH3 is 1. The number of esters is 2. The van der Waals surface area contributed by atoms with Crippen molar-refractivity contribution in [3.63, 3.8) is 0 Å². The Labute approximate surface area is 386 Å². The van der Waals surface area contributed by atoms with Crippen LogP contribution < -0.4 is 0 Å². The van der Waals surface area contributed by atoms with Crippen LogP contribution in [-0.2, 0) is 19.1 Å². The van der Waals surface area contributed by atoms with Crippen LogP contribution in [0.25, 0.3) is 27.6 Å². The molecule has 0 saturated carbocycles. The second-order valence-corrected chi connectivity index (χ2v) is 19.9. The summed E-state index contributed by atoms with van der Waals surface area (Å²) in [4.78, 5) is 72.0. The van der Waals surface area contributed by atoms with E-state index in [-0.39, 0.29) is 48.3 Å². The molecule has 3 aliphatic rings. The maximum Gasteiger partial charge on any atom is 0.321 e. The number of aryl methyl sites for hydroxylation is 2. The second kappa shape index (κ2) is 21.5. The number of Topliss-reactive ketones (excluding diaryl/α,β-unsaturated/α-hetero) is 2. The summed E-state index contributed by atoms with van der Waals surface area (Å²) in [6.45, 7) is 23.2. The summed E-state index contributed by atoms with van der Waals surface area (Å²) in [5.41, 5.74) is 10.7. The second-order valence-electron chi connectivity index (χ2n) is 19.9. The largest absolute Gasteiger partial charge is 0.468 e. The van der Waals surface area contributed by atoms with Crippen LogP contribution in [0.3, 0.4) is 0 Å². The van der Waals surface area contributed by atoms with E-state index in [2.05, 4.69) is 58.4 Å². The maximum absolute atomic E-state index is 14.4. The van der Waals surface area contributed by atoms with E-state index in [0.717, 1.165) is 52.7 Å². The van der Waals surface area contributed by atoms with Crippen molar-refractivity contribution >= 4 is 51.1 Å². The number of fused-ring (bicyclic) bond motifs is 8. The van der Waals surface area contributed by atoms with Gasteiger partial charge >= 0.3 is 11.9 Å². The Morgan fingerprint density at radius 2 is 1.46 bits per heavy atom. The fraction of sp³-hybridized carbons (Fsp3) is 0.564. The molecule has 10 nitrogen and oxygen atoms in total. The molecule has 0 aromatic carbocycles. The standard InChI is InChI=1S/C55H74N4O6/c1-13-39-34(7)41-29-46-48(38(11)60)36(9)43(57-46)27-42-35(8)40(52(58-42)50-51(55(63)64-12)54(62)49-37(10)44(59-53(49)50)28-45(39)56-41)23-24-47(61)65-26-25-33(6)22-16-21-32(5)20-15-19-31(4)18-14-17-30(2)3/h13,25,27-32,34-35,40,51,57,59H,14-24,26H2,1-12H3/t31-,32-,34+,35+,40+,51-/m1/s1. The zero-order chi connectivity index (χ0) is 47.3. The smallest absolute Gasteiger partial charge is 0.321 e. The molecule has 2 aliphatic heterocycles. The summed E-state index contributed by atoms with van der Waals surface area (Å²) in [6.07, 6.45) is 15.8. The Balaban J connectivity index is 1.25. The first-order valence-electron chi connectivity index (χ1n) is 24.3. The van der Waals surface area contributed by atoms with Crippen LogP contribution in [0, 0.1) is 31.6 Å². The number of rotatable bonds is 19. The third-order valence-electron chi connectivity index (χ3n) is 14.5. The number of H-pyrrole nitrogens is 2. The highest BCUT2D eigenvalue weighted by atomic mass is 16.5. The summed E-state index contributed by atoms with van der Waals surface area (Å²) < 4.78 is 11.1. The van der Waals surface area contributed by atoms with Crippen LogP contribution in [-0.4, -0.2) is 57.2 Å². The zero-order valence-electron chi connectivity index (χ0n) is 41.3. The lowest BCUT2D eigenvalue weighted by atomic mass is 9.84. The number of ether oxygens (including phenoxy) is 2. The normalized spacial score (nSPS) is 19.9. The van der Waals surface area contributed by atoms with Gasteiger partial charge in [-0.1, -0.05) is 98.1 Å². The van der Waals surface area contributed by atoms with Crippen molar-refractivity contribution in [2.45, 2.75) is 170 Å². The lowest BCUT2D eigenvalue weighted by Crippen LogP contribution is -2.21. The number of aromatic amines is 2. The van der Waals surface area contributed by atoms with E-state index in [4.69, 9.17) is 19.4 Å². The fourth-order valence-corrected chi connectivity index (χ4v) is 10.4. The highest BCUT2D eigenvalue weighted by Crippen LogP contribution is 2.48. The predicted molar refractivity (Wildman–Crippen MR) is 261 cm³/mol. The molecule has 350 valence electrons. The van der Waals surface area contributed by atoms with Gasteiger partial charge in [0.25, 0.3) is 0 Å². The molecule has 3 aromatic rings. The van der Waals surface area contributed by atoms with Crippen molar-refractivity contribution < 1.29 is 28.7 Å². The van der Waals surface area contributed by atoms with Crippen LogP contribution >= 0.6 is 0 Å². The molecule has 5 heterocycles. The SMILES string of the molecule is CC=C1c2cc3[nH]c4c(c3C)C(=O)[C@H](C(=O)OC)c4c3nc(cc4[nH]c(cc(n2)[C@H]1C)c(C(C)=O)c4C)[C@@H](C)[C@@H]3CCC(=O)OCC=C(C)CCC[C@H](C)CCC[C@H](C)CCCC(C)C. The van der Waals surface area contributed by atoms with Crippen LogP contribution in [0.5, 0.6) is 0 Å². The van der Waals surface area contributed by atoms with Gasteiger partial charge in [0.15, 0.2) is 11.6 Å². The molecule has 6 rings (SSSR count). The summed E-state index contributed by atoms with van der Waals surface area (Å²) in [5.74, 6) is -0.905. The molecule has 0 radical (unpaired) electrons. The topological polar surface area (TPSA) is 144 Å². The van der Waals surface area contributed by atoms with Crippen LogP contribution in [0.2, 0.25) is 0 Å². The summed E-state index contributed by atoms with van der Waals surface area (Å²) >= 11 is 0. The Kier molecular flexibility index (Phi) is 16.3. The first-order chi connectivity index (χ1) is 30.9. The Morgan fingerprint density at radius 3 is 2.11 bits per heavy atom. The van der Waals surface area contributed by atoms with Gasteiger partial charge in [-0.2, -0.15) is 0 Å². The minimum atomic E-state index is -1.22. The third kappa shape index (κ3) is 11.0. The number of ketones is 2. The minimum Gasteiger partial charge on any atom is -0.468 e. The van der Waals surface area contributed by atoms with Gasteiger partial charge in [-0.15, -0.1) is 0 Å². The lowest BCUT2D eigenvalue weighted by molar-refractivity contribution is -0.143. The molecule has 3 aromatic heterocycles. The molecular weight excluding hydrogens is 813 g/mol. The van der Waals surface area contributed by atoms with Crippen molar-refractivity contribution in [2.75, 3.05) is 13.7 Å². The molecule has 0 amide bonds. The number of nitrogens with zero attached hydrogens (tertiary/aromatic N) is 2. The van der Waals surface area contributed by atoms with Gasteiger partial charge < -0.3 is 19.4 Å². The van der Waals surface area contributed by atoms with E-state index in [1.54, 1.807) is 6.92 Å². The molecule has 1 aliphatic carbocycles. The lowest BCUT2D eigenvalue weighted by Gasteiger charge is -2.18. The average Bonchev–Trinajstić information content (AvgIpc) is 4.00. The number of carbonyl (C=O) groups is 4. The summed E-state index contributed by atoms with van der Waals surface area (Å²) in [7, 11) is 1.29. The number of hydrogen-bond donors (Lipinski definition) is 2. The molecule has 0 spiro atoms. The van der Waals surface area contributed by atoms with Crippen molar-refractivity contribution in [1.82, 2.24) is 19.9 Å². The number of allylic oxidation sites excluding steroid dienone is 3. The van der Waals surface area contributed by atoms with Crippen LogP contribution in [0.4, 0.5) is 0 Å². The van der Waals surface area contributed by atoms with Crippen molar-refractivity contribution in [1.29, 1.82) is 0 Å². The molecule has 0 saturated heterocycles. The van der Waals surface area contributed by atoms with Gasteiger partial charge in [0, 0.05) is 57.6 Å². The number of hydrogen-bond acceptors (Lipinski definition) is 8. The Bertz CT molecular complexity index is 2520. The van der Waals surface area contributed by atoms with Crippen LogP contribution in [0.1, 0.15) is 217 Å². The molecule has 65 heavy (non-hydrogen) atoms. The quantitative estimate of drug-likeness (QED) is 0.0524. The van der Waals surface area contributed by atoms with E-state index in [1.165, 1.54) is 57.6 Å². The van der Waals surface area contributed by atoms with E-state index >= 15 is 0 Å². The maximum atomic E-state index is 14.4. The Morgan fingerprint density at radius 1 is 0.815 bits per heavy atom. The van der Waals surface area contributed by atoms with Gasteiger partial charge in [0.05, 0.1) is 35.2 Å². The van der Waals surface area contributed by atoms with E-state index in [1.807, 2.05) is 51.1 Å². The average molecular weight is 887 g/mol. The van der Waals surface area contributed by atoms with Gasteiger partial charge in [-0.3, -0.25) is 29.1 Å². The highest BCUT2D eigenvalue weighted by molar-refractivity contribution is 6.23. The molecule has 10 heteroatoms. The molecule has 0 unspecified atom stereocenters. The molecule has 8 bridgehead atoms. The highest BCUT2D eigenvalue weighted by Gasteiger charge is 2.45.